The summed E-state index contributed by atoms with van der Waals surface area (Å²) in [4.78, 5) is 39.0. The highest BCUT2D eigenvalue weighted by Crippen LogP contribution is 2.37. The molecule has 1 amide bonds. The number of ether oxygens (including phenoxy) is 2. The summed E-state index contributed by atoms with van der Waals surface area (Å²) >= 11 is 0. The molecule has 2 aromatic carbocycles. The molecule has 1 N–H and O–H groups in total. The zero-order valence-electron chi connectivity index (χ0n) is 15.4. The molecule has 1 fully saturated rings. The Morgan fingerprint density at radius 1 is 1.21 bits per heavy atom. The fourth-order valence-corrected chi connectivity index (χ4v) is 3.72. The highest BCUT2D eigenvalue weighted by atomic mass is 16.5. The van der Waals surface area contributed by atoms with Gasteiger partial charge in [-0.25, -0.2) is 4.79 Å². The lowest BCUT2D eigenvalue weighted by molar-refractivity contribution is -0.117. The number of hydrogen-bond donors (Lipinski definition) is 1. The topological polar surface area (TPSA) is 84.9 Å². The lowest BCUT2D eigenvalue weighted by Gasteiger charge is -2.33. The fraction of sp³-hybridized carbons (Fsp3) is 0.286. The molecular formula is C21H20N2O5. The van der Waals surface area contributed by atoms with E-state index in [0.717, 1.165) is 25.1 Å². The molecule has 144 valence electrons. The van der Waals surface area contributed by atoms with Gasteiger partial charge in [0.1, 0.15) is 11.8 Å². The predicted octanol–water partition coefficient (Wildman–Crippen LogP) is 2.66. The lowest BCUT2D eigenvalue weighted by atomic mass is 10.1. The molecule has 2 aliphatic heterocycles. The van der Waals surface area contributed by atoms with Crippen molar-refractivity contribution in [2.24, 2.45) is 0 Å². The Bertz CT molecular complexity index is 956. The molecule has 0 spiro atoms. The molecule has 1 saturated heterocycles. The van der Waals surface area contributed by atoms with Crippen LogP contribution in [0, 0.1) is 0 Å². The quantitative estimate of drug-likeness (QED) is 0.634. The number of anilines is 2. The molecule has 28 heavy (non-hydrogen) atoms. The van der Waals surface area contributed by atoms with Gasteiger partial charge in [0.2, 0.25) is 11.7 Å². The van der Waals surface area contributed by atoms with E-state index < -0.39 is 12.6 Å². The van der Waals surface area contributed by atoms with Crippen molar-refractivity contribution in [3.8, 4) is 5.75 Å². The standard InChI is InChI=1S/C21H20N2O5/c1-27-19-7-3-2-5-14(19)18(24)12-28-21(26)13-8-9-16-15(11-13)22-20(25)17-6-4-10-23(16)17/h2-3,5,7-9,11,17H,4,6,10,12H2,1H3,(H,22,25)/t17-/m1/s1. The number of methoxy groups -OCH3 is 1. The second kappa shape index (κ2) is 7.34. The SMILES string of the molecule is COc1ccccc1C(=O)COC(=O)c1ccc2c(c1)NC(=O)[C@H]1CCCN21. The third-order valence-corrected chi connectivity index (χ3v) is 5.10. The molecule has 0 saturated carbocycles. The summed E-state index contributed by atoms with van der Waals surface area (Å²) in [7, 11) is 1.48. The molecule has 2 heterocycles. The number of Topliss-reactive ketones (excluding diaryl/α,β-unsaturated/α-hetero) is 1. The smallest absolute Gasteiger partial charge is 0.338 e. The minimum atomic E-state index is -0.621. The zero-order valence-corrected chi connectivity index (χ0v) is 15.4. The van der Waals surface area contributed by atoms with Crippen LogP contribution >= 0.6 is 0 Å². The maximum atomic E-state index is 12.4. The highest BCUT2D eigenvalue weighted by Gasteiger charge is 2.36. The van der Waals surface area contributed by atoms with Crippen LogP contribution in [-0.2, 0) is 9.53 Å². The number of esters is 1. The van der Waals surface area contributed by atoms with E-state index in [0.29, 0.717) is 17.0 Å². The monoisotopic (exact) mass is 380 g/mol. The Kier molecular flexibility index (Phi) is 4.73. The van der Waals surface area contributed by atoms with Crippen LogP contribution in [0.3, 0.4) is 0 Å². The van der Waals surface area contributed by atoms with Crippen LogP contribution < -0.4 is 15.0 Å². The fourth-order valence-electron chi connectivity index (χ4n) is 3.72. The number of hydrogen-bond acceptors (Lipinski definition) is 6. The maximum Gasteiger partial charge on any atom is 0.338 e. The number of carbonyl (C=O) groups is 3. The van der Waals surface area contributed by atoms with Gasteiger partial charge in [0.05, 0.1) is 29.6 Å². The van der Waals surface area contributed by atoms with Gasteiger partial charge in [-0.15, -0.1) is 0 Å². The predicted molar refractivity (Wildman–Crippen MR) is 103 cm³/mol. The number of fused-ring (bicyclic) bond motifs is 3. The Labute approximate surface area is 162 Å². The molecule has 1 atom stereocenters. The summed E-state index contributed by atoms with van der Waals surface area (Å²) in [5.74, 6) is -0.595. The molecule has 0 aromatic heterocycles. The normalized spacial score (nSPS) is 17.4. The van der Waals surface area contributed by atoms with E-state index in [2.05, 4.69) is 10.2 Å². The Hall–Kier alpha value is -3.35. The largest absolute Gasteiger partial charge is 0.496 e. The molecule has 0 bridgehead atoms. The van der Waals surface area contributed by atoms with Crippen molar-refractivity contribution in [1.29, 1.82) is 0 Å². The van der Waals surface area contributed by atoms with Crippen LogP contribution in [0.1, 0.15) is 33.6 Å². The molecule has 7 nitrogen and oxygen atoms in total. The van der Waals surface area contributed by atoms with Gasteiger partial charge >= 0.3 is 5.97 Å². The summed E-state index contributed by atoms with van der Waals surface area (Å²) in [5, 5.41) is 2.86. The second-order valence-electron chi connectivity index (χ2n) is 6.77. The molecule has 0 aliphatic carbocycles. The van der Waals surface area contributed by atoms with E-state index in [9.17, 15) is 14.4 Å². The molecule has 7 heteroatoms. The van der Waals surface area contributed by atoms with E-state index in [4.69, 9.17) is 9.47 Å². The zero-order chi connectivity index (χ0) is 19.7. The number of nitrogens with one attached hydrogen (secondary N) is 1. The highest BCUT2D eigenvalue weighted by molar-refractivity contribution is 6.06. The van der Waals surface area contributed by atoms with E-state index in [-0.39, 0.29) is 23.3 Å². The number of para-hydroxylation sites is 1. The Balaban J connectivity index is 1.47. The molecule has 2 aliphatic rings. The van der Waals surface area contributed by atoms with Gasteiger partial charge < -0.3 is 19.7 Å². The minimum Gasteiger partial charge on any atom is -0.496 e. The second-order valence-corrected chi connectivity index (χ2v) is 6.77. The summed E-state index contributed by atoms with van der Waals surface area (Å²) in [6, 6.07) is 11.7. The van der Waals surface area contributed by atoms with Crippen LogP contribution in [0.5, 0.6) is 5.75 Å². The molecule has 0 radical (unpaired) electrons. The third-order valence-electron chi connectivity index (χ3n) is 5.10. The first-order chi connectivity index (χ1) is 13.6. The van der Waals surface area contributed by atoms with Crippen molar-refractivity contribution >= 4 is 29.0 Å². The van der Waals surface area contributed by atoms with Crippen molar-refractivity contribution in [3.05, 3.63) is 53.6 Å². The summed E-state index contributed by atoms with van der Waals surface area (Å²) in [5.41, 5.74) is 2.14. The number of ketones is 1. The van der Waals surface area contributed by atoms with Gasteiger partial charge in [-0.1, -0.05) is 12.1 Å². The molecular weight excluding hydrogens is 360 g/mol. The number of rotatable bonds is 5. The first-order valence-corrected chi connectivity index (χ1v) is 9.13. The van der Waals surface area contributed by atoms with Crippen molar-refractivity contribution < 1.29 is 23.9 Å². The van der Waals surface area contributed by atoms with Crippen LogP contribution in [0.2, 0.25) is 0 Å². The summed E-state index contributed by atoms with van der Waals surface area (Å²) in [6.45, 7) is 0.430. The number of benzene rings is 2. The maximum absolute atomic E-state index is 12.4. The van der Waals surface area contributed by atoms with Crippen molar-refractivity contribution in [2.75, 3.05) is 30.5 Å². The van der Waals surface area contributed by atoms with E-state index in [1.54, 1.807) is 36.4 Å². The van der Waals surface area contributed by atoms with Crippen LogP contribution in [0.25, 0.3) is 0 Å². The van der Waals surface area contributed by atoms with Gasteiger partial charge in [-0.3, -0.25) is 9.59 Å². The lowest BCUT2D eigenvalue weighted by Crippen LogP contribution is -2.43. The van der Waals surface area contributed by atoms with Crippen LogP contribution in [0.4, 0.5) is 11.4 Å². The minimum absolute atomic E-state index is 0.0538. The Morgan fingerprint density at radius 3 is 2.86 bits per heavy atom. The average Bonchev–Trinajstić information content (AvgIpc) is 3.22. The van der Waals surface area contributed by atoms with Crippen LogP contribution in [-0.4, -0.2) is 44.0 Å². The van der Waals surface area contributed by atoms with Gasteiger partial charge in [-0.2, -0.15) is 0 Å². The first-order valence-electron chi connectivity index (χ1n) is 9.13. The van der Waals surface area contributed by atoms with Gasteiger partial charge in [0.25, 0.3) is 0 Å². The van der Waals surface area contributed by atoms with Crippen molar-refractivity contribution in [3.63, 3.8) is 0 Å². The summed E-state index contributed by atoms with van der Waals surface area (Å²) < 4.78 is 10.3. The average molecular weight is 380 g/mol. The van der Waals surface area contributed by atoms with E-state index in [1.165, 1.54) is 7.11 Å². The van der Waals surface area contributed by atoms with Crippen LogP contribution in [0.15, 0.2) is 42.5 Å². The molecule has 0 unspecified atom stereocenters. The van der Waals surface area contributed by atoms with E-state index in [1.807, 2.05) is 6.07 Å². The van der Waals surface area contributed by atoms with Gasteiger partial charge in [0, 0.05) is 6.54 Å². The van der Waals surface area contributed by atoms with Gasteiger partial charge in [-0.05, 0) is 43.2 Å². The van der Waals surface area contributed by atoms with E-state index >= 15 is 0 Å². The Morgan fingerprint density at radius 2 is 2.04 bits per heavy atom. The van der Waals surface area contributed by atoms with Crippen molar-refractivity contribution in [1.82, 2.24) is 0 Å². The third kappa shape index (κ3) is 3.19. The van der Waals surface area contributed by atoms with Gasteiger partial charge in [0.15, 0.2) is 6.61 Å². The number of nitrogens with zero attached hydrogens (tertiary/aromatic N) is 1. The molecule has 4 rings (SSSR count). The van der Waals surface area contributed by atoms with Crippen molar-refractivity contribution in [2.45, 2.75) is 18.9 Å². The molecule has 2 aromatic rings. The first kappa shape index (κ1) is 18.0. The summed E-state index contributed by atoms with van der Waals surface area (Å²) in [6.07, 6.45) is 1.80. The number of carbonyl (C=O) groups excluding carboxylic acids is 3. The number of amides is 1.